The monoisotopic (exact) mass is 396 g/mol. The van der Waals surface area contributed by atoms with E-state index in [0.29, 0.717) is 17.1 Å². The summed E-state index contributed by atoms with van der Waals surface area (Å²) in [7, 11) is 4.99. The topological polar surface area (TPSA) is 89.7 Å². The fourth-order valence-electron chi connectivity index (χ4n) is 3.05. The molecule has 0 aliphatic carbocycles. The predicted molar refractivity (Wildman–Crippen MR) is 108 cm³/mol. The number of aliphatic hydroxyl groups is 1. The minimum Gasteiger partial charge on any atom is -0.497 e. The SMILES string of the molecule is COc1ccc(OC)c(CN(CCO)C(=O)c2cncc(-c3cnn(C)c3)c2)c1. The van der Waals surface area contributed by atoms with Gasteiger partial charge < -0.3 is 19.5 Å². The molecule has 0 aliphatic heterocycles. The van der Waals surface area contributed by atoms with Gasteiger partial charge in [-0.15, -0.1) is 0 Å². The molecule has 152 valence electrons. The number of hydrogen-bond donors (Lipinski definition) is 1. The van der Waals surface area contributed by atoms with Gasteiger partial charge >= 0.3 is 0 Å². The number of rotatable bonds is 8. The zero-order valence-corrected chi connectivity index (χ0v) is 16.7. The molecule has 8 nitrogen and oxygen atoms in total. The summed E-state index contributed by atoms with van der Waals surface area (Å²) in [6.07, 6.45) is 6.79. The van der Waals surface area contributed by atoms with Gasteiger partial charge in [-0.2, -0.15) is 5.10 Å². The Kier molecular flexibility index (Phi) is 6.46. The molecule has 0 atom stereocenters. The maximum absolute atomic E-state index is 13.2. The number of hydrogen-bond acceptors (Lipinski definition) is 6. The molecule has 8 heteroatoms. The lowest BCUT2D eigenvalue weighted by Crippen LogP contribution is -2.33. The first-order valence-corrected chi connectivity index (χ1v) is 9.10. The Morgan fingerprint density at radius 1 is 1.14 bits per heavy atom. The van der Waals surface area contributed by atoms with Gasteiger partial charge in [-0.1, -0.05) is 0 Å². The van der Waals surface area contributed by atoms with Crippen molar-refractivity contribution in [3.05, 3.63) is 60.2 Å². The molecular weight excluding hydrogens is 372 g/mol. The Balaban J connectivity index is 1.89. The van der Waals surface area contributed by atoms with E-state index in [1.54, 1.807) is 54.4 Å². The summed E-state index contributed by atoms with van der Waals surface area (Å²) in [5, 5.41) is 13.7. The number of ether oxygens (including phenoxy) is 2. The third-order valence-corrected chi connectivity index (χ3v) is 4.53. The van der Waals surface area contributed by atoms with Crippen LogP contribution in [0.25, 0.3) is 11.1 Å². The van der Waals surface area contributed by atoms with E-state index in [0.717, 1.165) is 16.7 Å². The first-order valence-electron chi connectivity index (χ1n) is 9.10. The molecule has 3 aromatic rings. The number of aliphatic hydroxyl groups excluding tert-OH is 1. The Morgan fingerprint density at radius 2 is 1.97 bits per heavy atom. The van der Waals surface area contributed by atoms with Crippen LogP contribution in [0, 0.1) is 0 Å². The van der Waals surface area contributed by atoms with Crippen LogP contribution in [-0.4, -0.2) is 58.0 Å². The van der Waals surface area contributed by atoms with Crippen LogP contribution in [-0.2, 0) is 13.6 Å². The number of nitrogens with zero attached hydrogens (tertiary/aromatic N) is 4. The Labute approximate surface area is 169 Å². The van der Waals surface area contributed by atoms with Crippen molar-refractivity contribution >= 4 is 5.91 Å². The molecule has 0 fully saturated rings. The smallest absolute Gasteiger partial charge is 0.255 e. The highest BCUT2D eigenvalue weighted by atomic mass is 16.5. The maximum atomic E-state index is 13.2. The molecule has 0 bridgehead atoms. The summed E-state index contributed by atoms with van der Waals surface area (Å²) in [4.78, 5) is 18.9. The van der Waals surface area contributed by atoms with Crippen LogP contribution in [0.5, 0.6) is 11.5 Å². The Bertz CT molecular complexity index is 986. The van der Waals surface area contributed by atoms with Gasteiger partial charge in [-0.3, -0.25) is 14.5 Å². The van der Waals surface area contributed by atoms with Crippen molar-refractivity contribution in [2.45, 2.75) is 6.54 Å². The van der Waals surface area contributed by atoms with E-state index < -0.39 is 0 Å². The molecule has 1 aromatic carbocycles. The molecule has 0 saturated heterocycles. The van der Waals surface area contributed by atoms with Gasteiger partial charge in [0.25, 0.3) is 5.91 Å². The van der Waals surface area contributed by atoms with Crippen LogP contribution in [0.15, 0.2) is 49.1 Å². The number of methoxy groups -OCH3 is 2. The molecule has 29 heavy (non-hydrogen) atoms. The molecule has 0 spiro atoms. The molecule has 0 saturated carbocycles. The molecule has 0 aliphatic rings. The van der Waals surface area contributed by atoms with E-state index >= 15 is 0 Å². The lowest BCUT2D eigenvalue weighted by Gasteiger charge is -2.23. The van der Waals surface area contributed by atoms with E-state index in [1.165, 1.54) is 6.20 Å². The average molecular weight is 396 g/mol. The molecule has 2 heterocycles. The predicted octanol–water partition coefficient (Wildman–Crippen LogP) is 2.13. The standard InChI is InChI=1S/C21H24N4O4/c1-24-13-18(12-23-24)15-8-16(11-22-10-15)21(27)25(6-7-26)14-17-9-19(28-2)4-5-20(17)29-3/h4-5,8-13,26H,6-7,14H2,1-3H3. The number of benzene rings is 1. The molecular formula is C21H24N4O4. The second-order valence-corrected chi connectivity index (χ2v) is 6.49. The summed E-state index contributed by atoms with van der Waals surface area (Å²) < 4.78 is 12.4. The third kappa shape index (κ3) is 4.72. The highest BCUT2D eigenvalue weighted by Crippen LogP contribution is 2.26. The van der Waals surface area contributed by atoms with E-state index in [1.807, 2.05) is 19.3 Å². The van der Waals surface area contributed by atoms with Crippen molar-refractivity contribution in [2.24, 2.45) is 7.05 Å². The zero-order chi connectivity index (χ0) is 20.8. The number of aromatic nitrogens is 3. The molecule has 1 N–H and O–H groups in total. The second kappa shape index (κ2) is 9.20. The third-order valence-electron chi connectivity index (χ3n) is 4.53. The average Bonchev–Trinajstić information content (AvgIpc) is 3.19. The van der Waals surface area contributed by atoms with Crippen molar-refractivity contribution in [3.8, 4) is 22.6 Å². The Hall–Kier alpha value is -3.39. The summed E-state index contributed by atoms with van der Waals surface area (Å²) in [5.74, 6) is 1.07. The molecule has 0 radical (unpaired) electrons. The van der Waals surface area contributed by atoms with Crippen molar-refractivity contribution in [1.29, 1.82) is 0 Å². The van der Waals surface area contributed by atoms with Crippen LogP contribution < -0.4 is 9.47 Å². The molecule has 1 amide bonds. The number of carbonyl (C=O) groups is 1. The van der Waals surface area contributed by atoms with E-state index in [4.69, 9.17) is 9.47 Å². The number of aryl methyl sites for hydroxylation is 1. The van der Waals surface area contributed by atoms with Gasteiger partial charge in [0.05, 0.1) is 32.6 Å². The highest BCUT2D eigenvalue weighted by molar-refractivity contribution is 5.95. The van der Waals surface area contributed by atoms with E-state index in [9.17, 15) is 9.90 Å². The van der Waals surface area contributed by atoms with Crippen molar-refractivity contribution in [1.82, 2.24) is 19.7 Å². The summed E-state index contributed by atoms with van der Waals surface area (Å²) >= 11 is 0. The van der Waals surface area contributed by atoms with Crippen LogP contribution in [0.4, 0.5) is 0 Å². The first kappa shape index (κ1) is 20.3. The van der Waals surface area contributed by atoms with Gasteiger partial charge in [0.1, 0.15) is 11.5 Å². The summed E-state index contributed by atoms with van der Waals surface area (Å²) in [6, 6.07) is 7.18. The van der Waals surface area contributed by atoms with Crippen molar-refractivity contribution in [3.63, 3.8) is 0 Å². The lowest BCUT2D eigenvalue weighted by molar-refractivity contribution is 0.0706. The molecule has 2 aromatic heterocycles. The molecule has 3 rings (SSSR count). The van der Waals surface area contributed by atoms with E-state index in [-0.39, 0.29) is 25.6 Å². The summed E-state index contributed by atoms with van der Waals surface area (Å²) in [5.41, 5.74) is 2.89. The largest absolute Gasteiger partial charge is 0.497 e. The fourth-order valence-corrected chi connectivity index (χ4v) is 3.05. The van der Waals surface area contributed by atoms with Gasteiger partial charge in [0.2, 0.25) is 0 Å². The first-order chi connectivity index (χ1) is 14.0. The minimum atomic E-state index is -0.234. The Morgan fingerprint density at radius 3 is 2.62 bits per heavy atom. The quantitative estimate of drug-likeness (QED) is 0.627. The van der Waals surface area contributed by atoms with Crippen LogP contribution >= 0.6 is 0 Å². The van der Waals surface area contributed by atoms with E-state index in [2.05, 4.69) is 10.1 Å². The second-order valence-electron chi connectivity index (χ2n) is 6.49. The fraction of sp³-hybridized carbons (Fsp3) is 0.286. The van der Waals surface area contributed by atoms with Crippen molar-refractivity contribution < 1.29 is 19.4 Å². The van der Waals surface area contributed by atoms with Gasteiger partial charge in [0, 0.05) is 55.4 Å². The minimum absolute atomic E-state index is 0.159. The number of carbonyl (C=O) groups excluding carboxylic acids is 1. The zero-order valence-electron chi connectivity index (χ0n) is 16.7. The number of pyridine rings is 1. The normalized spacial score (nSPS) is 10.6. The van der Waals surface area contributed by atoms with Gasteiger partial charge in [-0.25, -0.2) is 0 Å². The highest BCUT2D eigenvalue weighted by Gasteiger charge is 2.19. The van der Waals surface area contributed by atoms with Crippen molar-refractivity contribution in [2.75, 3.05) is 27.4 Å². The van der Waals surface area contributed by atoms with Gasteiger partial charge in [0.15, 0.2) is 0 Å². The number of amides is 1. The van der Waals surface area contributed by atoms with Crippen LogP contribution in [0.1, 0.15) is 15.9 Å². The summed E-state index contributed by atoms with van der Waals surface area (Å²) in [6.45, 7) is 0.279. The van der Waals surface area contributed by atoms with Crippen LogP contribution in [0.2, 0.25) is 0 Å². The lowest BCUT2D eigenvalue weighted by atomic mass is 10.1. The van der Waals surface area contributed by atoms with Crippen LogP contribution in [0.3, 0.4) is 0 Å². The maximum Gasteiger partial charge on any atom is 0.255 e. The molecule has 0 unspecified atom stereocenters. The van der Waals surface area contributed by atoms with Gasteiger partial charge in [-0.05, 0) is 24.3 Å².